The van der Waals surface area contributed by atoms with E-state index in [1.54, 1.807) is 29.2 Å². The van der Waals surface area contributed by atoms with Crippen molar-refractivity contribution >= 4 is 46.6 Å². The maximum Gasteiger partial charge on any atom is 0.242 e. The van der Waals surface area contributed by atoms with Crippen molar-refractivity contribution in [3.05, 3.63) is 68.7 Å². The van der Waals surface area contributed by atoms with Crippen molar-refractivity contribution in [3.63, 3.8) is 0 Å². The Morgan fingerprint density at radius 1 is 1.00 bits per heavy atom. The molecule has 0 saturated carbocycles. The van der Waals surface area contributed by atoms with Crippen LogP contribution in [0.15, 0.2) is 42.5 Å². The van der Waals surface area contributed by atoms with E-state index in [-0.39, 0.29) is 24.8 Å². The van der Waals surface area contributed by atoms with Gasteiger partial charge in [0.05, 0.1) is 16.5 Å². The second-order valence-electron chi connectivity index (χ2n) is 7.60. The standard InChI is InChI=1S/C23H27Cl3N2O2/c1-4-21(23(30)27-13-15(2)3)28(14-17-7-5-6-8-18(17)24)22(29)12-16-9-10-19(25)20(26)11-16/h5-11,15,21H,4,12-14H2,1-3H3,(H,27,30). The molecule has 30 heavy (non-hydrogen) atoms. The van der Waals surface area contributed by atoms with Crippen LogP contribution < -0.4 is 5.32 Å². The van der Waals surface area contributed by atoms with Crippen LogP contribution in [-0.2, 0) is 22.6 Å². The Morgan fingerprint density at radius 3 is 2.30 bits per heavy atom. The van der Waals surface area contributed by atoms with Gasteiger partial charge in [0.25, 0.3) is 0 Å². The summed E-state index contributed by atoms with van der Waals surface area (Å²) in [6, 6.07) is 11.8. The fraction of sp³-hybridized carbons (Fsp3) is 0.391. The normalized spacial score (nSPS) is 12.0. The van der Waals surface area contributed by atoms with Gasteiger partial charge in [-0.05, 0) is 41.7 Å². The van der Waals surface area contributed by atoms with Gasteiger partial charge in [-0.25, -0.2) is 0 Å². The number of amides is 2. The van der Waals surface area contributed by atoms with Gasteiger partial charge in [-0.2, -0.15) is 0 Å². The van der Waals surface area contributed by atoms with Gasteiger partial charge in [0.15, 0.2) is 0 Å². The van der Waals surface area contributed by atoms with Crippen LogP contribution in [0.1, 0.15) is 38.3 Å². The highest BCUT2D eigenvalue weighted by molar-refractivity contribution is 6.42. The molecule has 1 N–H and O–H groups in total. The molecule has 2 amide bonds. The van der Waals surface area contributed by atoms with Crippen LogP contribution in [0.3, 0.4) is 0 Å². The maximum atomic E-state index is 13.3. The van der Waals surface area contributed by atoms with Crippen molar-refractivity contribution in [2.75, 3.05) is 6.54 Å². The molecule has 0 bridgehead atoms. The Hall–Kier alpha value is -1.75. The maximum absolute atomic E-state index is 13.3. The monoisotopic (exact) mass is 468 g/mol. The first-order valence-electron chi connectivity index (χ1n) is 9.97. The highest BCUT2D eigenvalue weighted by Crippen LogP contribution is 2.24. The van der Waals surface area contributed by atoms with Crippen molar-refractivity contribution in [2.45, 2.75) is 46.2 Å². The van der Waals surface area contributed by atoms with E-state index in [9.17, 15) is 9.59 Å². The number of hydrogen-bond acceptors (Lipinski definition) is 2. The summed E-state index contributed by atoms with van der Waals surface area (Å²) in [6.45, 7) is 6.74. The van der Waals surface area contributed by atoms with E-state index in [1.807, 2.05) is 39.0 Å². The predicted octanol–water partition coefficient (Wildman–Crippen LogP) is 5.77. The summed E-state index contributed by atoms with van der Waals surface area (Å²) >= 11 is 18.4. The Balaban J connectivity index is 2.30. The number of hydrogen-bond donors (Lipinski definition) is 1. The first-order valence-corrected chi connectivity index (χ1v) is 11.1. The molecule has 0 saturated heterocycles. The number of benzene rings is 2. The number of rotatable bonds is 9. The van der Waals surface area contributed by atoms with Crippen LogP contribution in [0.4, 0.5) is 0 Å². The third kappa shape index (κ3) is 6.90. The first-order chi connectivity index (χ1) is 14.2. The van der Waals surface area contributed by atoms with Crippen LogP contribution in [0.2, 0.25) is 15.1 Å². The third-order valence-electron chi connectivity index (χ3n) is 4.71. The predicted molar refractivity (Wildman–Crippen MR) is 124 cm³/mol. The SMILES string of the molecule is CCC(C(=O)NCC(C)C)N(Cc1ccccc1Cl)C(=O)Cc1ccc(Cl)c(Cl)c1. The summed E-state index contributed by atoms with van der Waals surface area (Å²) in [7, 11) is 0. The van der Waals surface area contributed by atoms with E-state index < -0.39 is 6.04 Å². The molecule has 0 spiro atoms. The van der Waals surface area contributed by atoms with Crippen molar-refractivity contribution in [2.24, 2.45) is 5.92 Å². The van der Waals surface area contributed by atoms with E-state index in [1.165, 1.54) is 0 Å². The number of carbonyl (C=O) groups is 2. The van der Waals surface area contributed by atoms with Gasteiger partial charge in [-0.15, -0.1) is 0 Å². The second-order valence-corrected chi connectivity index (χ2v) is 8.82. The van der Waals surface area contributed by atoms with Crippen LogP contribution in [-0.4, -0.2) is 29.3 Å². The molecule has 0 radical (unpaired) electrons. The third-order valence-corrected chi connectivity index (χ3v) is 5.82. The molecule has 2 aromatic carbocycles. The smallest absolute Gasteiger partial charge is 0.242 e. The largest absolute Gasteiger partial charge is 0.354 e. The Morgan fingerprint density at radius 2 is 1.70 bits per heavy atom. The lowest BCUT2D eigenvalue weighted by atomic mass is 10.1. The lowest BCUT2D eigenvalue weighted by Gasteiger charge is -2.31. The Kier molecular flexibility index (Phi) is 9.47. The van der Waals surface area contributed by atoms with E-state index in [0.29, 0.717) is 34.0 Å². The average molecular weight is 470 g/mol. The quantitative estimate of drug-likeness (QED) is 0.507. The van der Waals surface area contributed by atoms with Gasteiger partial charge < -0.3 is 10.2 Å². The van der Waals surface area contributed by atoms with Crippen molar-refractivity contribution in [3.8, 4) is 0 Å². The molecule has 2 rings (SSSR count). The highest BCUT2D eigenvalue weighted by atomic mass is 35.5. The number of halogens is 3. The van der Waals surface area contributed by atoms with Crippen LogP contribution in [0, 0.1) is 5.92 Å². The second kappa shape index (κ2) is 11.6. The van der Waals surface area contributed by atoms with Gasteiger partial charge in [0.2, 0.25) is 11.8 Å². The molecule has 0 fully saturated rings. The van der Waals surface area contributed by atoms with Crippen molar-refractivity contribution < 1.29 is 9.59 Å². The van der Waals surface area contributed by atoms with E-state index in [4.69, 9.17) is 34.8 Å². The molecule has 0 aromatic heterocycles. The highest BCUT2D eigenvalue weighted by Gasteiger charge is 2.29. The molecule has 0 aliphatic carbocycles. The van der Waals surface area contributed by atoms with Gasteiger partial charge >= 0.3 is 0 Å². The number of nitrogens with zero attached hydrogens (tertiary/aromatic N) is 1. The summed E-state index contributed by atoms with van der Waals surface area (Å²) in [5.74, 6) is -0.0315. The summed E-state index contributed by atoms with van der Waals surface area (Å²) in [5.41, 5.74) is 1.52. The molecule has 4 nitrogen and oxygen atoms in total. The minimum Gasteiger partial charge on any atom is -0.354 e. The van der Waals surface area contributed by atoms with Crippen LogP contribution in [0.5, 0.6) is 0 Å². The molecule has 1 atom stereocenters. The summed E-state index contributed by atoms with van der Waals surface area (Å²) < 4.78 is 0. The zero-order chi connectivity index (χ0) is 22.3. The first kappa shape index (κ1) is 24.5. The fourth-order valence-corrected chi connectivity index (χ4v) is 3.59. The molecule has 162 valence electrons. The minimum atomic E-state index is -0.602. The lowest BCUT2D eigenvalue weighted by Crippen LogP contribution is -2.50. The van der Waals surface area contributed by atoms with Crippen LogP contribution >= 0.6 is 34.8 Å². The molecule has 0 aliphatic rings. The zero-order valence-corrected chi connectivity index (χ0v) is 19.7. The molecule has 0 heterocycles. The number of nitrogens with one attached hydrogen (secondary N) is 1. The van der Waals surface area contributed by atoms with E-state index in [0.717, 1.165) is 11.1 Å². The number of carbonyl (C=O) groups excluding carboxylic acids is 2. The topological polar surface area (TPSA) is 49.4 Å². The van der Waals surface area contributed by atoms with Gasteiger partial charge in [0.1, 0.15) is 6.04 Å². The van der Waals surface area contributed by atoms with Gasteiger partial charge in [-0.1, -0.05) is 79.8 Å². The molecular formula is C23H27Cl3N2O2. The Labute approximate surface area is 193 Å². The van der Waals surface area contributed by atoms with E-state index in [2.05, 4.69) is 5.32 Å². The molecule has 2 aromatic rings. The van der Waals surface area contributed by atoms with Gasteiger partial charge in [-0.3, -0.25) is 9.59 Å². The average Bonchev–Trinajstić information content (AvgIpc) is 2.70. The summed E-state index contributed by atoms with van der Waals surface area (Å²) in [5, 5.41) is 4.32. The van der Waals surface area contributed by atoms with Crippen molar-refractivity contribution in [1.29, 1.82) is 0 Å². The lowest BCUT2D eigenvalue weighted by molar-refractivity contribution is -0.141. The van der Waals surface area contributed by atoms with Crippen molar-refractivity contribution in [1.82, 2.24) is 10.2 Å². The molecule has 1 unspecified atom stereocenters. The Bertz CT molecular complexity index is 887. The molecule has 7 heteroatoms. The van der Waals surface area contributed by atoms with Gasteiger partial charge in [0, 0.05) is 18.1 Å². The van der Waals surface area contributed by atoms with Crippen LogP contribution in [0.25, 0.3) is 0 Å². The molecular weight excluding hydrogens is 443 g/mol. The summed E-state index contributed by atoms with van der Waals surface area (Å²) in [6.07, 6.45) is 0.594. The summed E-state index contributed by atoms with van der Waals surface area (Å²) in [4.78, 5) is 27.8. The minimum absolute atomic E-state index is 0.106. The zero-order valence-electron chi connectivity index (χ0n) is 17.4. The molecule has 0 aliphatic heterocycles. The fourth-order valence-electron chi connectivity index (χ4n) is 3.08. The van der Waals surface area contributed by atoms with E-state index >= 15 is 0 Å².